The Labute approximate surface area is 138 Å². The molecule has 2 aromatic carbocycles. The molecule has 1 N–H and O–H groups in total. The molecule has 1 atom stereocenters. The first-order valence-electron chi connectivity index (χ1n) is 7.11. The Morgan fingerprint density at radius 1 is 1.26 bits per heavy atom. The lowest BCUT2D eigenvalue weighted by atomic mass is 10.1. The van der Waals surface area contributed by atoms with Crippen LogP contribution in [0, 0.1) is 0 Å². The Hall–Kier alpha value is -2.53. The second-order valence-corrected chi connectivity index (χ2v) is 5.68. The minimum atomic E-state index is -0.518. The van der Waals surface area contributed by atoms with Crippen LogP contribution in [0.25, 0.3) is 0 Å². The van der Waals surface area contributed by atoms with Gasteiger partial charge in [-0.2, -0.15) is 0 Å². The second-order valence-electron chi connectivity index (χ2n) is 5.27. The minimum absolute atomic E-state index is 0.132. The van der Waals surface area contributed by atoms with Gasteiger partial charge in [-0.15, -0.1) is 0 Å². The Morgan fingerprint density at radius 2 is 2.00 bits per heavy atom. The van der Waals surface area contributed by atoms with Gasteiger partial charge < -0.3 is 15.0 Å². The number of hydrogen-bond acceptors (Lipinski definition) is 3. The summed E-state index contributed by atoms with van der Waals surface area (Å²) in [5.74, 6) is 0.164. The maximum Gasteiger partial charge on any atom is 0.267 e. The third kappa shape index (κ3) is 2.87. The lowest BCUT2D eigenvalue weighted by Gasteiger charge is -2.30. The summed E-state index contributed by atoms with van der Waals surface area (Å²) >= 11 is 6.03. The molecule has 118 valence electrons. The van der Waals surface area contributed by atoms with Crippen LogP contribution < -0.4 is 15.0 Å². The van der Waals surface area contributed by atoms with Crippen molar-refractivity contribution in [2.45, 2.75) is 13.0 Å². The van der Waals surface area contributed by atoms with Crippen molar-refractivity contribution in [3.05, 3.63) is 53.1 Å². The number of hydrogen-bond donors (Lipinski definition) is 1. The summed E-state index contributed by atoms with van der Waals surface area (Å²) in [7, 11) is 1.68. The molecule has 1 aliphatic rings. The normalized spacial score (nSPS) is 16.6. The number of fused-ring (bicyclic) bond motifs is 1. The summed E-state index contributed by atoms with van der Waals surface area (Å²) in [6, 6.07) is 12.0. The fourth-order valence-corrected chi connectivity index (χ4v) is 2.65. The van der Waals surface area contributed by atoms with E-state index in [0.717, 1.165) is 0 Å². The first-order valence-corrected chi connectivity index (χ1v) is 7.49. The van der Waals surface area contributed by atoms with E-state index in [4.69, 9.17) is 16.3 Å². The Kier molecular flexibility index (Phi) is 3.96. The molecule has 5 nitrogen and oxygen atoms in total. The van der Waals surface area contributed by atoms with E-state index < -0.39 is 6.10 Å². The van der Waals surface area contributed by atoms with E-state index in [-0.39, 0.29) is 11.8 Å². The van der Waals surface area contributed by atoms with Crippen molar-refractivity contribution in [2.75, 3.05) is 17.3 Å². The lowest BCUT2D eigenvalue weighted by Crippen LogP contribution is -2.41. The quantitative estimate of drug-likeness (QED) is 0.918. The molecule has 3 rings (SSSR count). The Bertz CT molecular complexity index is 791. The number of ether oxygens (including phenoxy) is 1. The molecular formula is C17H15ClN2O3. The van der Waals surface area contributed by atoms with Crippen molar-refractivity contribution in [3.63, 3.8) is 0 Å². The van der Waals surface area contributed by atoms with Gasteiger partial charge in [0.1, 0.15) is 5.75 Å². The number of halogens is 1. The first-order chi connectivity index (χ1) is 11.0. The van der Waals surface area contributed by atoms with Crippen LogP contribution in [-0.2, 0) is 4.79 Å². The largest absolute Gasteiger partial charge is 0.479 e. The Balaban J connectivity index is 1.87. The van der Waals surface area contributed by atoms with E-state index in [1.54, 1.807) is 56.4 Å². The van der Waals surface area contributed by atoms with Crippen LogP contribution in [0.4, 0.5) is 11.4 Å². The highest BCUT2D eigenvalue weighted by Gasteiger charge is 2.29. The van der Waals surface area contributed by atoms with E-state index in [0.29, 0.717) is 27.7 Å². The zero-order valence-corrected chi connectivity index (χ0v) is 13.4. The molecule has 1 aliphatic heterocycles. The number of carbonyl (C=O) groups excluding carboxylic acids is 2. The highest BCUT2D eigenvalue weighted by molar-refractivity contribution is 6.34. The van der Waals surface area contributed by atoms with E-state index in [2.05, 4.69) is 5.32 Å². The minimum Gasteiger partial charge on any atom is -0.479 e. The van der Waals surface area contributed by atoms with Crippen LogP contribution in [0.2, 0.25) is 5.02 Å². The summed E-state index contributed by atoms with van der Waals surface area (Å²) in [4.78, 5) is 25.8. The molecule has 0 fully saturated rings. The smallest absolute Gasteiger partial charge is 0.267 e. The molecule has 2 aromatic rings. The predicted octanol–water partition coefficient (Wildman–Crippen LogP) is 3.34. The van der Waals surface area contributed by atoms with Crippen molar-refractivity contribution in [3.8, 4) is 5.75 Å². The monoisotopic (exact) mass is 330 g/mol. The van der Waals surface area contributed by atoms with E-state index in [9.17, 15) is 9.59 Å². The van der Waals surface area contributed by atoms with Crippen molar-refractivity contribution >= 4 is 34.8 Å². The summed E-state index contributed by atoms with van der Waals surface area (Å²) in [6.45, 7) is 1.70. The van der Waals surface area contributed by atoms with Crippen molar-refractivity contribution < 1.29 is 14.3 Å². The van der Waals surface area contributed by atoms with Crippen LogP contribution in [0.3, 0.4) is 0 Å². The van der Waals surface area contributed by atoms with Gasteiger partial charge in [0.15, 0.2) is 6.10 Å². The SMILES string of the molecule is CC1Oc2ccc(NC(=O)c3ccccc3Cl)cc2N(C)C1=O. The summed E-state index contributed by atoms with van der Waals surface area (Å²) in [6.07, 6.45) is -0.518. The fraction of sp³-hybridized carbons (Fsp3) is 0.176. The summed E-state index contributed by atoms with van der Waals surface area (Å²) in [5.41, 5.74) is 1.57. The maximum atomic E-state index is 12.3. The molecule has 6 heteroatoms. The van der Waals surface area contributed by atoms with Gasteiger partial charge in [-0.1, -0.05) is 23.7 Å². The molecular weight excluding hydrogens is 316 g/mol. The van der Waals surface area contributed by atoms with Crippen molar-refractivity contribution in [2.24, 2.45) is 0 Å². The second kappa shape index (κ2) is 5.93. The molecule has 0 bridgehead atoms. The average molecular weight is 331 g/mol. The molecule has 0 saturated heterocycles. The molecule has 0 aromatic heterocycles. The number of carbonyl (C=O) groups is 2. The van der Waals surface area contributed by atoms with Gasteiger partial charge in [-0.05, 0) is 37.3 Å². The molecule has 1 unspecified atom stereocenters. The highest BCUT2D eigenvalue weighted by Crippen LogP contribution is 2.35. The number of likely N-dealkylation sites (N-methyl/N-ethyl adjacent to an activating group) is 1. The maximum absolute atomic E-state index is 12.3. The van der Waals surface area contributed by atoms with Gasteiger partial charge in [-0.3, -0.25) is 9.59 Å². The number of nitrogens with one attached hydrogen (secondary N) is 1. The Morgan fingerprint density at radius 3 is 2.74 bits per heavy atom. The number of nitrogens with zero attached hydrogens (tertiary/aromatic N) is 1. The molecule has 0 saturated carbocycles. The number of amides is 2. The third-order valence-electron chi connectivity index (χ3n) is 3.68. The van der Waals surface area contributed by atoms with Gasteiger partial charge in [0, 0.05) is 12.7 Å². The molecule has 0 spiro atoms. The standard InChI is InChI=1S/C17H15ClN2O3/c1-10-17(22)20(2)14-9-11(7-8-15(14)23-10)19-16(21)12-5-3-4-6-13(12)18/h3-10H,1-2H3,(H,19,21). The molecule has 0 radical (unpaired) electrons. The summed E-state index contributed by atoms with van der Waals surface area (Å²) < 4.78 is 5.55. The van der Waals surface area contributed by atoms with Gasteiger partial charge in [0.2, 0.25) is 0 Å². The fourth-order valence-electron chi connectivity index (χ4n) is 2.43. The zero-order chi connectivity index (χ0) is 16.6. The van der Waals surface area contributed by atoms with Gasteiger partial charge in [0.05, 0.1) is 16.3 Å². The molecule has 1 heterocycles. The van der Waals surface area contributed by atoms with Crippen LogP contribution in [0.5, 0.6) is 5.75 Å². The molecule has 2 amide bonds. The van der Waals surface area contributed by atoms with Gasteiger partial charge in [-0.25, -0.2) is 0 Å². The van der Waals surface area contributed by atoms with Crippen LogP contribution >= 0.6 is 11.6 Å². The van der Waals surface area contributed by atoms with Crippen LogP contribution in [0.1, 0.15) is 17.3 Å². The van der Waals surface area contributed by atoms with Gasteiger partial charge in [0.25, 0.3) is 11.8 Å². The predicted molar refractivity (Wildman–Crippen MR) is 89.3 cm³/mol. The molecule has 23 heavy (non-hydrogen) atoms. The number of anilines is 2. The van der Waals surface area contributed by atoms with E-state index in [1.165, 1.54) is 4.90 Å². The lowest BCUT2D eigenvalue weighted by molar-refractivity contribution is -0.125. The van der Waals surface area contributed by atoms with E-state index >= 15 is 0 Å². The van der Waals surface area contributed by atoms with Crippen LogP contribution in [-0.4, -0.2) is 25.0 Å². The van der Waals surface area contributed by atoms with Gasteiger partial charge >= 0.3 is 0 Å². The summed E-state index contributed by atoms with van der Waals surface area (Å²) in [5, 5.41) is 3.16. The van der Waals surface area contributed by atoms with Crippen LogP contribution in [0.15, 0.2) is 42.5 Å². The first kappa shape index (κ1) is 15.4. The zero-order valence-electron chi connectivity index (χ0n) is 12.7. The number of rotatable bonds is 2. The molecule has 0 aliphatic carbocycles. The van der Waals surface area contributed by atoms with E-state index in [1.807, 2.05) is 0 Å². The van der Waals surface area contributed by atoms with Crippen molar-refractivity contribution in [1.29, 1.82) is 0 Å². The topological polar surface area (TPSA) is 58.6 Å². The number of benzene rings is 2. The highest BCUT2D eigenvalue weighted by atomic mass is 35.5. The third-order valence-corrected chi connectivity index (χ3v) is 4.01. The van der Waals surface area contributed by atoms with Crippen molar-refractivity contribution in [1.82, 2.24) is 0 Å². The average Bonchev–Trinajstić information content (AvgIpc) is 2.54.